The van der Waals surface area contributed by atoms with E-state index in [4.69, 9.17) is 16.9 Å². The van der Waals surface area contributed by atoms with Crippen molar-refractivity contribution in [1.29, 1.82) is 0 Å². The van der Waals surface area contributed by atoms with E-state index in [1.165, 1.54) is 5.57 Å². The Balaban J connectivity index is -0.00000134. The van der Waals surface area contributed by atoms with Gasteiger partial charge in [-0.2, -0.15) is 0 Å². The monoisotopic (exact) mass is 382 g/mol. The molecule has 0 radical (unpaired) electrons. The zero-order valence-electron chi connectivity index (χ0n) is 20.0. The minimum atomic E-state index is -0.0733. The fourth-order valence-electron chi connectivity index (χ4n) is 2.37. The molecule has 3 heteroatoms. The summed E-state index contributed by atoms with van der Waals surface area (Å²) < 4.78 is 6.04. The third-order valence-electron chi connectivity index (χ3n) is 4.26. The highest BCUT2D eigenvalue weighted by atomic mass is 16.5. The molecule has 0 bridgehead atoms. The van der Waals surface area contributed by atoms with Crippen LogP contribution in [-0.4, -0.2) is 31.8 Å². The molecule has 0 aromatic heterocycles. The predicted molar refractivity (Wildman–Crippen MR) is 124 cm³/mol. The smallest absolute Gasteiger partial charge is 0.0627 e. The molecule has 0 saturated heterocycles. The highest BCUT2D eigenvalue weighted by Gasteiger charge is 2.24. The molecule has 3 N–H and O–H groups in total. The number of ether oxygens (including phenoxy) is 1. The lowest BCUT2D eigenvalue weighted by Gasteiger charge is -2.31. The Morgan fingerprint density at radius 1 is 1.04 bits per heavy atom. The average molecular weight is 383 g/mol. The molecular formula is C24H50N2O. The Hall–Kier alpha value is -0.820. The lowest BCUT2D eigenvalue weighted by atomic mass is 9.81. The zero-order valence-corrected chi connectivity index (χ0v) is 20.0. The lowest BCUT2D eigenvalue weighted by molar-refractivity contribution is -0.0289. The molecular weight excluding hydrogens is 332 g/mol. The Bertz CT molecular complexity index is 378. The molecule has 27 heavy (non-hydrogen) atoms. The van der Waals surface area contributed by atoms with Crippen LogP contribution in [0.2, 0.25) is 0 Å². The molecule has 0 atom stereocenters. The average Bonchev–Trinajstić information content (AvgIpc) is 2.64. The summed E-state index contributed by atoms with van der Waals surface area (Å²) in [6, 6.07) is 0. The van der Waals surface area contributed by atoms with Gasteiger partial charge < -0.3 is 15.8 Å². The lowest BCUT2D eigenvalue weighted by Crippen LogP contribution is -2.31. The molecule has 0 aliphatic rings. The van der Waals surface area contributed by atoms with Crippen LogP contribution in [0.5, 0.6) is 0 Å². The molecule has 0 spiro atoms. The quantitative estimate of drug-likeness (QED) is 0.235. The second kappa shape index (κ2) is 19.9. The molecule has 0 aromatic carbocycles. The van der Waals surface area contributed by atoms with Crippen LogP contribution in [0.3, 0.4) is 0 Å². The summed E-state index contributed by atoms with van der Waals surface area (Å²) in [6.07, 6.45) is 12.4. The SMILES string of the molecule is C#CC/C=C(\C)CCNCCOC(C)(C)CCC(C)(C)CCN.CC.CC. The van der Waals surface area contributed by atoms with Crippen LogP contribution < -0.4 is 11.1 Å². The molecule has 0 saturated carbocycles. The molecule has 162 valence electrons. The number of nitrogens with two attached hydrogens (primary N) is 1. The summed E-state index contributed by atoms with van der Waals surface area (Å²) in [5, 5.41) is 3.42. The van der Waals surface area contributed by atoms with E-state index in [2.05, 4.69) is 51.9 Å². The van der Waals surface area contributed by atoms with Crippen LogP contribution in [0.4, 0.5) is 0 Å². The van der Waals surface area contributed by atoms with Gasteiger partial charge in [0.25, 0.3) is 0 Å². The maximum atomic E-state index is 6.04. The van der Waals surface area contributed by atoms with Crippen molar-refractivity contribution < 1.29 is 4.74 Å². The summed E-state index contributed by atoms with van der Waals surface area (Å²) in [7, 11) is 0. The van der Waals surface area contributed by atoms with Crippen LogP contribution in [-0.2, 0) is 4.74 Å². The third kappa shape index (κ3) is 23.1. The minimum absolute atomic E-state index is 0.0733. The van der Waals surface area contributed by atoms with Crippen molar-refractivity contribution in [3.8, 4) is 12.3 Å². The van der Waals surface area contributed by atoms with E-state index >= 15 is 0 Å². The standard InChI is InChI=1S/C20H38N2O.2C2H6/c1-7-8-9-18(2)10-15-22-16-17-23-20(5,6)12-11-19(3,4)13-14-21;2*1-2/h1,9,22H,8,10-17,21H2,2-6H3;2*1-2H3/b18-9+;;. The van der Waals surface area contributed by atoms with Crippen LogP contribution in [0.15, 0.2) is 11.6 Å². The van der Waals surface area contributed by atoms with E-state index in [-0.39, 0.29) is 5.60 Å². The van der Waals surface area contributed by atoms with Crippen molar-refractivity contribution in [2.75, 3.05) is 26.2 Å². The first-order valence-electron chi connectivity index (χ1n) is 10.9. The summed E-state index contributed by atoms with van der Waals surface area (Å²) in [4.78, 5) is 0. The molecule has 0 aliphatic carbocycles. The number of rotatable bonds is 13. The number of allylic oxidation sites excluding steroid dienone is 1. The van der Waals surface area contributed by atoms with Gasteiger partial charge in [0.1, 0.15) is 0 Å². The fraction of sp³-hybridized carbons (Fsp3) is 0.833. The summed E-state index contributed by atoms with van der Waals surface area (Å²) in [5.41, 5.74) is 7.25. The van der Waals surface area contributed by atoms with Crippen molar-refractivity contribution in [3.05, 3.63) is 11.6 Å². The molecule has 0 aliphatic heterocycles. The second-order valence-electron chi connectivity index (χ2n) is 7.77. The largest absolute Gasteiger partial charge is 0.374 e. The topological polar surface area (TPSA) is 47.3 Å². The first kappa shape index (κ1) is 30.9. The molecule has 0 unspecified atom stereocenters. The van der Waals surface area contributed by atoms with Crippen molar-refractivity contribution in [2.24, 2.45) is 11.1 Å². The second-order valence-corrected chi connectivity index (χ2v) is 7.77. The number of terminal acetylenes is 1. The molecule has 3 nitrogen and oxygen atoms in total. The van der Waals surface area contributed by atoms with Gasteiger partial charge in [-0.15, -0.1) is 12.3 Å². The van der Waals surface area contributed by atoms with E-state index in [1.54, 1.807) is 0 Å². The predicted octanol–water partition coefficient (Wildman–Crippen LogP) is 5.94. The number of hydrogen-bond donors (Lipinski definition) is 2. The Morgan fingerprint density at radius 2 is 1.63 bits per heavy atom. The van der Waals surface area contributed by atoms with E-state index in [0.717, 1.165) is 58.3 Å². The first-order valence-corrected chi connectivity index (χ1v) is 10.9. The van der Waals surface area contributed by atoms with Gasteiger partial charge in [-0.3, -0.25) is 0 Å². The number of nitrogens with one attached hydrogen (secondary N) is 1. The van der Waals surface area contributed by atoms with E-state index in [1.807, 2.05) is 27.7 Å². The van der Waals surface area contributed by atoms with Gasteiger partial charge in [0, 0.05) is 13.0 Å². The van der Waals surface area contributed by atoms with Crippen LogP contribution in [0, 0.1) is 17.8 Å². The van der Waals surface area contributed by atoms with E-state index < -0.39 is 0 Å². The molecule has 0 amide bonds. The van der Waals surface area contributed by atoms with Crippen molar-refractivity contribution in [1.82, 2.24) is 5.32 Å². The van der Waals surface area contributed by atoms with Gasteiger partial charge in [-0.05, 0) is 65.0 Å². The summed E-state index contributed by atoms with van der Waals surface area (Å²) >= 11 is 0. The normalized spacial score (nSPS) is 11.7. The highest BCUT2D eigenvalue weighted by molar-refractivity contribution is 5.04. The zero-order chi connectivity index (χ0) is 21.8. The van der Waals surface area contributed by atoms with E-state index in [0.29, 0.717) is 5.41 Å². The fourth-order valence-corrected chi connectivity index (χ4v) is 2.37. The Kier molecular flexibility index (Phi) is 22.8. The van der Waals surface area contributed by atoms with Crippen molar-refractivity contribution >= 4 is 0 Å². The van der Waals surface area contributed by atoms with E-state index in [9.17, 15) is 0 Å². The summed E-state index contributed by atoms with van der Waals surface area (Å²) in [6.45, 7) is 22.4. The van der Waals surface area contributed by atoms with Crippen LogP contribution in [0.1, 0.15) is 94.4 Å². The van der Waals surface area contributed by atoms with Gasteiger partial charge in [-0.1, -0.05) is 53.2 Å². The Morgan fingerprint density at radius 3 is 2.15 bits per heavy atom. The van der Waals surface area contributed by atoms with Gasteiger partial charge in [-0.25, -0.2) is 0 Å². The highest BCUT2D eigenvalue weighted by Crippen LogP contribution is 2.30. The maximum absolute atomic E-state index is 6.04. The van der Waals surface area contributed by atoms with Gasteiger partial charge >= 0.3 is 0 Å². The van der Waals surface area contributed by atoms with Gasteiger partial charge in [0.2, 0.25) is 0 Å². The third-order valence-corrected chi connectivity index (χ3v) is 4.26. The first-order chi connectivity index (χ1) is 12.7. The van der Waals surface area contributed by atoms with Crippen LogP contribution >= 0.6 is 0 Å². The van der Waals surface area contributed by atoms with Gasteiger partial charge in [0.15, 0.2) is 0 Å². The Labute approximate surface area is 171 Å². The van der Waals surface area contributed by atoms with Gasteiger partial charge in [0.05, 0.1) is 12.2 Å². The van der Waals surface area contributed by atoms with Crippen LogP contribution in [0.25, 0.3) is 0 Å². The van der Waals surface area contributed by atoms with Crippen molar-refractivity contribution in [3.63, 3.8) is 0 Å². The summed E-state index contributed by atoms with van der Waals surface area (Å²) in [5.74, 6) is 2.63. The number of hydrogen-bond acceptors (Lipinski definition) is 3. The molecule has 0 rings (SSSR count). The maximum Gasteiger partial charge on any atom is 0.0627 e. The molecule has 0 aromatic rings. The molecule has 0 fully saturated rings. The van der Waals surface area contributed by atoms with Crippen molar-refractivity contribution in [2.45, 2.75) is 100 Å². The minimum Gasteiger partial charge on any atom is -0.374 e. The molecule has 0 heterocycles.